The summed E-state index contributed by atoms with van der Waals surface area (Å²) >= 11 is 1.53. The van der Waals surface area contributed by atoms with Gasteiger partial charge >= 0.3 is 0 Å². The van der Waals surface area contributed by atoms with Crippen LogP contribution in [0.3, 0.4) is 0 Å². The molecule has 0 bridgehead atoms. The molecule has 0 fully saturated rings. The number of carbonyl (C=O) groups excluding carboxylic acids is 1. The number of rotatable bonds is 7. The Morgan fingerprint density at radius 1 is 1.21 bits per heavy atom. The molecule has 5 nitrogen and oxygen atoms in total. The van der Waals surface area contributed by atoms with Crippen LogP contribution >= 0.6 is 11.3 Å². The quantitative estimate of drug-likeness (QED) is 0.605. The number of nitrogens with one attached hydrogen (secondary N) is 1. The van der Waals surface area contributed by atoms with Gasteiger partial charge in [-0.25, -0.2) is 9.67 Å². The van der Waals surface area contributed by atoms with E-state index in [0.717, 1.165) is 46.3 Å². The van der Waals surface area contributed by atoms with E-state index < -0.39 is 0 Å². The summed E-state index contributed by atoms with van der Waals surface area (Å²) in [5.41, 5.74) is 7.39. The van der Waals surface area contributed by atoms with Gasteiger partial charge in [0.25, 0.3) is 0 Å². The standard InChI is InChI=1S/C22H28N4OS/c1-6-7-8-19-16(4)25-26(17(19)5)22-23-18(13-28-22)12-21(27)24-20-10-9-14(2)11-15(20)3/h9-11,13H,6-8,12H2,1-5H3,(H,24,27). The van der Waals surface area contributed by atoms with Gasteiger partial charge in [-0.3, -0.25) is 4.79 Å². The second-order valence-corrected chi connectivity index (χ2v) is 8.17. The van der Waals surface area contributed by atoms with Crippen molar-refractivity contribution in [3.05, 3.63) is 57.4 Å². The van der Waals surface area contributed by atoms with E-state index >= 15 is 0 Å². The first kappa shape index (κ1) is 20.3. The van der Waals surface area contributed by atoms with E-state index in [2.05, 4.69) is 42.2 Å². The molecule has 148 valence electrons. The van der Waals surface area contributed by atoms with Crippen LogP contribution in [0.25, 0.3) is 5.13 Å². The minimum atomic E-state index is -0.0548. The topological polar surface area (TPSA) is 59.8 Å². The second-order valence-electron chi connectivity index (χ2n) is 7.33. The number of aromatic nitrogens is 3. The SMILES string of the molecule is CCCCc1c(C)nn(-c2nc(CC(=O)Nc3ccc(C)cc3C)cs2)c1C. The van der Waals surface area contributed by atoms with Crippen LogP contribution in [0.4, 0.5) is 5.69 Å². The van der Waals surface area contributed by atoms with Crippen LogP contribution in [0.15, 0.2) is 23.6 Å². The zero-order valence-electron chi connectivity index (χ0n) is 17.3. The second kappa shape index (κ2) is 8.69. The molecule has 0 aliphatic heterocycles. The molecule has 6 heteroatoms. The van der Waals surface area contributed by atoms with Crippen molar-refractivity contribution in [1.82, 2.24) is 14.8 Å². The third kappa shape index (κ3) is 4.50. The predicted molar refractivity (Wildman–Crippen MR) is 116 cm³/mol. The number of unbranched alkanes of at least 4 members (excludes halogenated alkanes) is 1. The van der Waals surface area contributed by atoms with Gasteiger partial charge in [-0.1, -0.05) is 31.0 Å². The minimum Gasteiger partial charge on any atom is -0.326 e. The molecule has 0 saturated heterocycles. The van der Waals surface area contributed by atoms with E-state index in [1.807, 2.05) is 36.0 Å². The molecule has 2 heterocycles. The van der Waals surface area contributed by atoms with Gasteiger partial charge in [-0.15, -0.1) is 11.3 Å². The number of carbonyl (C=O) groups is 1. The Hall–Kier alpha value is -2.47. The van der Waals surface area contributed by atoms with Crippen LogP contribution in [0.1, 0.15) is 53.5 Å². The number of aryl methyl sites for hydroxylation is 3. The molecule has 0 aliphatic carbocycles. The number of thiazole rings is 1. The summed E-state index contributed by atoms with van der Waals surface area (Å²) in [6, 6.07) is 6.01. The van der Waals surface area contributed by atoms with E-state index in [0.29, 0.717) is 0 Å². The maximum atomic E-state index is 12.4. The van der Waals surface area contributed by atoms with Crippen LogP contribution in [0, 0.1) is 27.7 Å². The average molecular weight is 397 g/mol. The molecule has 28 heavy (non-hydrogen) atoms. The molecule has 3 rings (SSSR count). The Labute approximate surface area is 170 Å². The molecule has 0 spiro atoms. The van der Waals surface area contributed by atoms with Gasteiger partial charge < -0.3 is 5.32 Å². The van der Waals surface area contributed by atoms with Crippen LogP contribution < -0.4 is 5.32 Å². The van der Waals surface area contributed by atoms with Crippen LogP contribution in [-0.4, -0.2) is 20.7 Å². The minimum absolute atomic E-state index is 0.0548. The molecular weight excluding hydrogens is 368 g/mol. The molecule has 0 aliphatic rings. The number of nitrogens with zero attached hydrogens (tertiary/aromatic N) is 3. The highest BCUT2D eigenvalue weighted by Crippen LogP contribution is 2.23. The Bertz CT molecular complexity index is 987. The fraction of sp³-hybridized carbons (Fsp3) is 0.409. The maximum Gasteiger partial charge on any atom is 0.230 e. The molecule has 1 aromatic carbocycles. The largest absolute Gasteiger partial charge is 0.326 e. The predicted octanol–water partition coefficient (Wildman–Crippen LogP) is 5.09. The van der Waals surface area contributed by atoms with Gasteiger partial charge in [0.2, 0.25) is 11.0 Å². The van der Waals surface area contributed by atoms with E-state index in [9.17, 15) is 4.79 Å². The van der Waals surface area contributed by atoms with E-state index in [4.69, 9.17) is 0 Å². The summed E-state index contributed by atoms with van der Waals surface area (Å²) in [4.78, 5) is 17.1. The molecule has 3 aromatic rings. The third-order valence-corrected chi connectivity index (χ3v) is 5.80. The van der Waals surface area contributed by atoms with Gasteiger partial charge in [0.1, 0.15) is 0 Å². The first-order chi connectivity index (χ1) is 13.4. The molecule has 2 aromatic heterocycles. The lowest BCUT2D eigenvalue weighted by molar-refractivity contribution is -0.115. The first-order valence-corrected chi connectivity index (χ1v) is 10.6. The monoisotopic (exact) mass is 396 g/mol. The Balaban J connectivity index is 1.71. The first-order valence-electron chi connectivity index (χ1n) is 9.76. The van der Waals surface area contributed by atoms with E-state index in [1.54, 1.807) is 0 Å². The van der Waals surface area contributed by atoms with Gasteiger partial charge in [0, 0.05) is 16.8 Å². The summed E-state index contributed by atoms with van der Waals surface area (Å²) in [5, 5.41) is 10.4. The molecule has 0 unspecified atom stereocenters. The normalized spacial score (nSPS) is 11.0. The summed E-state index contributed by atoms with van der Waals surface area (Å²) in [5.74, 6) is -0.0548. The highest BCUT2D eigenvalue weighted by Gasteiger charge is 2.16. The highest BCUT2D eigenvalue weighted by molar-refractivity contribution is 7.12. The van der Waals surface area contributed by atoms with Crippen molar-refractivity contribution in [3.63, 3.8) is 0 Å². The fourth-order valence-electron chi connectivity index (χ4n) is 3.36. The Kier molecular flexibility index (Phi) is 6.29. The lowest BCUT2D eigenvalue weighted by atomic mass is 10.1. The molecule has 0 saturated carbocycles. The number of hydrogen-bond acceptors (Lipinski definition) is 4. The summed E-state index contributed by atoms with van der Waals surface area (Å²) < 4.78 is 1.91. The average Bonchev–Trinajstić information content (AvgIpc) is 3.20. The van der Waals surface area contributed by atoms with Gasteiger partial charge in [-0.2, -0.15) is 5.10 Å². The maximum absolute atomic E-state index is 12.4. The molecule has 1 N–H and O–H groups in total. The Morgan fingerprint density at radius 3 is 2.71 bits per heavy atom. The van der Waals surface area contributed by atoms with Crippen molar-refractivity contribution >= 4 is 22.9 Å². The van der Waals surface area contributed by atoms with Crippen molar-refractivity contribution in [2.45, 2.75) is 60.3 Å². The lowest BCUT2D eigenvalue weighted by Gasteiger charge is -2.08. The van der Waals surface area contributed by atoms with E-state index in [-0.39, 0.29) is 12.3 Å². The zero-order chi connectivity index (χ0) is 20.3. The van der Waals surface area contributed by atoms with Crippen molar-refractivity contribution < 1.29 is 4.79 Å². The number of anilines is 1. The summed E-state index contributed by atoms with van der Waals surface area (Å²) in [7, 11) is 0. The number of hydrogen-bond donors (Lipinski definition) is 1. The van der Waals surface area contributed by atoms with Gasteiger partial charge in [0.15, 0.2) is 0 Å². The van der Waals surface area contributed by atoms with Crippen molar-refractivity contribution in [2.24, 2.45) is 0 Å². The number of benzene rings is 1. The zero-order valence-corrected chi connectivity index (χ0v) is 18.1. The van der Waals surface area contributed by atoms with Crippen molar-refractivity contribution in [2.75, 3.05) is 5.32 Å². The van der Waals surface area contributed by atoms with Gasteiger partial charge in [-0.05, 0) is 57.7 Å². The van der Waals surface area contributed by atoms with Crippen LogP contribution in [0.5, 0.6) is 0 Å². The number of amides is 1. The molecule has 0 atom stereocenters. The molecule has 0 radical (unpaired) electrons. The van der Waals surface area contributed by atoms with Crippen molar-refractivity contribution in [3.8, 4) is 5.13 Å². The summed E-state index contributed by atoms with van der Waals surface area (Å²) in [6.45, 7) is 10.4. The lowest BCUT2D eigenvalue weighted by Crippen LogP contribution is -2.15. The highest BCUT2D eigenvalue weighted by atomic mass is 32.1. The fourth-order valence-corrected chi connectivity index (χ4v) is 4.19. The smallest absolute Gasteiger partial charge is 0.230 e. The summed E-state index contributed by atoms with van der Waals surface area (Å²) in [6.07, 6.45) is 3.63. The molecular formula is C22H28N4OS. The van der Waals surface area contributed by atoms with E-state index in [1.165, 1.54) is 28.9 Å². The third-order valence-electron chi connectivity index (χ3n) is 4.94. The van der Waals surface area contributed by atoms with Crippen molar-refractivity contribution in [1.29, 1.82) is 0 Å². The van der Waals surface area contributed by atoms with Crippen LogP contribution in [0.2, 0.25) is 0 Å². The Morgan fingerprint density at radius 2 is 2.00 bits per heavy atom. The van der Waals surface area contributed by atoms with Crippen LogP contribution in [-0.2, 0) is 17.6 Å². The molecule has 1 amide bonds. The van der Waals surface area contributed by atoms with Gasteiger partial charge in [0.05, 0.1) is 17.8 Å².